The summed E-state index contributed by atoms with van der Waals surface area (Å²) in [5, 5.41) is 6.22. The van der Waals surface area contributed by atoms with Crippen LogP contribution in [0, 0.1) is 0 Å². The van der Waals surface area contributed by atoms with E-state index in [2.05, 4.69) is 20.2 Å². The molecule has 0 saturated carbocycles. The second-order valence-electron chi connectivity index (χ2n) is 6.35. The molecule has 2 aromatic heterocycles. The van der Waals surface area contributed by atoms with Crippen molar-refractivity contribution in [2.45, 2.75) is 6.42 Å². The summed E-state index contributed by atoms with van der Waals surface area (Å²) in [4.78, 5) is 23.5. The SMILES string of the molecule is O=C(Cc1csc(-c2ccccc2Cl)n1)Nc1ccc(N2CCOCC2)nc1. The number of benzene rings is 1. The van der Waals surface area contributed by atoms with Crippen LogP contribution < -0.4 is 10.2 Å². The Bertz CT molecular complexity index is 955. The predicted octanol–water partition coefficient (Wildman–Crippen LogP) is 3.88. The van der Waals surface area contributed by atoms with E-state index in [-0.39, 0.29) is 12.3 Å². The van der Waals surface area contributed by atoms with Gasteiger partial charge in [0, 0.05) is 24.0 Å². The molecule has 4 rings (SSSR count). The van der Waals surface area contributed by atoms with Gasteiger partial charge in [0.25, 0.3) is 0 Å². The van der Waals surface area contributed by atoms with Crippen LogP contribution in [0.2, 0.25) is 5.02 Å². The highest BCUT2D eigenvalue weighted by Crippen LogP contribution is 2.30. The topological polar surface area (TPSA) is 67.4 Å². The number of rotatable bonds is 5. The molecule has 144 valence electrons. The fraction of sp³-hybridized carbons (Fsp3) is 0.250. The third-order valence-corrected chi connectivity index (χ3v) is 5.62. The second kappa shape index (κ2) is 8.68. The van der Waals surface area contributed by atoms with Crippen molar-refractivity contribution in [2.75, 3.05) is 36.5 Å². The Kier molecular flexibility index (Phi) is 5.85. The van der Waals surface area contributed by atoms with E-state index < -0.39 is 0 Å². The molecule has 1 amide bonds. The van der Waals surface area contributed by atoms with E-state index in [4.69, 9.17) is 16.3 Å². The smallest absolute Gasteiger partial charge is 0.230 e. The summed E-state index contributed by atoms with van der Waals surface area (Å²) in [7, 11) is 0. The highest BCUT2D eigenvalue weighted by atomic mass is 35.5. The van der Waals surface area contributed by atoms with Gasteiger partial charge >= 0.3 is 0 Å². The largest absolute Gasteiger partial charge is 0.378 e. The number of morpholine rings is 1. The third kappa shape index (κ3) is 4.49. The van der Waals surface area contributed by atoms with Crippen molar-refractivity contribution in [3.05, 3.63) is 58.7 Å². The van der Waals surface area contributed by atoms with Crippen LogP contribution in [0.5, 0.6) is 0 Å². The Labute approximate surface area is 172 Å². The maximum Gasteiger partial charge on any atom is 0.230 e. The quantitative estimate of drug-likeness (QED) is 0.686. The number of carbonyl (C=O) groups is 1. The van der Waals surface area contributed by atoms with Gasteiger partial charge in [-0.25, -0.2) is 9.97 Å². The molecule has 0 radical (unpaired) electrons. The minimum atomic E-state index is -0.128. The van der Waals surface area contributed by atoms with Crippen LogP contribution in [-0.4, -0.2) is 42.2 Å². The molecular weight excluding hydrogens is 396 g/mol. The first-order chi connectivity index (χ1) is 13.7. The number of ether oxygens (including phenoxy) is 1. The maximum absolute atomic E-state index is 12.4. The lowest BCUT2D eigenvalue weighted by molar-refractivity contribution is -0.115. The van der Waals surface area contributed by atoms with Crippen molar-refractivity contribution in [3.8, 4) is 10.6 Å². The van der Waals surface area contributed by atoms with Crippen LogP contribution in [0.1, 0.15) is 5.69 Å². The molecule has 0 spiro atoms. The molecule has 1 fully saturated rings. The zero-order valence-electron chi connectivity index (χ0n) is 15.1. The molecule has 3 heterocycles. The summed E-state index contributed by atoms with van der Waals surface area (Å²) in [5.74, 6) is 0.766. The standard InChI is InChI=1S/C20H19ClN4O2S/c21-17-4-2-1-3-16(17)20-24-15(13-28-20)11-19(26)23-14-5-6-18(22-12-14)25-7-9-27-10-8-25/h1-6,12-13H,7-11H2,(H,23,26). The minimum absolute atomic E-state index is 0.128. The number of anilines is 2. The van der Waals surface area contributed by atoms with Gasteiger partial charge in [-0.3, -0.25) is 4.79 Å². The number of thiazole rings is 1. The van der Waals surface area contributed by atoms with Crippen LogP contribution in [-0.2, 0) is 16.0 Å². The van der Waals surface area contributed by atoms with E-state index in [1.807, 2.05) is 41.8 Å². The van der Waals surface area contributed by atoms with Crippen molar-refractivity contribution >= 4 is 40.4 Å². The molecule has 6 nitrogen and oxygen atoms in total. The first-order valence-corrected chi connectivity index (χ1v) is 10.2. The average Bonchev–Trinajstić information content (AvgIpc) is 3.17. The highest BCUT2D eigenvalue weighted by Gasteiger charge is 2.14. The third-order valence-electron chi connectivity index (χ3n) is 4.36. The summed E-state index contributed by atoms with van der Waals surface area (Å²) in [6.07, 6.45) is 1.88. The molecule has 0 aliphatic carbocycles. The zero-order valence-corrected chi connectivity index (χ0v) is 16.7. The summed E-state index contributed by atoms with van der Waals surface area (Å²) in [6.45, 7) is 3.08. The normalized spacial score (nSPS) is 14.1. The van der Waals surface area contributed by atoms with Crippen molar-refractivity contribution in [2.24, 2.45) is 0 Å². The van der Waals surface area contributed by atoms with E-state index >= 15 is 0 Å². The fourth-order valence-corrected chi connectivity index (χ4v) is 4.10. The molecule has 28 heavy (non-hydrogen) atoms. The lowest BCUT2D eigenvalue weighted by atomic mass is 10.2. The molecule has 8 heteroatoms. The van der Waals surface area contributed by atoms with Crippen LogP contribution in [0.3, 0.4) is 0 Å². The van der Waals surface area contributed by atoms with Crippen LogP contribution >= 0.6 is 22.9 Å². The molecule has 1 saturated heterocycles. The number of amides is 1. The summed E-state index contributed by atoms with van der Waals surface area (Å²) < 4.78 is 5.35. The molecule has 1 aromatic carbocycles. The lowest BCUT2D eigenvalue weighted by Gasteiger charge is -2.27. The van der Waals surface area contributed by atoms with E-state index in [9.17, 15) is 4.79 Å². The van der Waals surface area contributed by atoms with Crippen molar-refractivity contribution in [3.63, 3.8) is 0 Å². The number of halogens is 1. The molecular formula is C20H19ClN4O2S. The molecule has 1 N–H and O–H groups in total. The van der Waals surface area contributed by atoms with Gasteiger partial charge in [0.15, 0.2) is 0 Å². The van der Waals surface area contributed by atoms with Crippen LogP contribution in [0.25, 0.3) is 10.6 Å². The van der Waals surface area contributed by atoms with Gasteiger partial charge in [-0.05, 0) is 18.2 Å². The summed E-state index contributed by atoms with van der Waals surface area (Å²) in [5.41, 5.74) is 2.27. The van der Waals surface area contributed by atoms with Gasteiger partial charge in [-0.1, -0.05) is 29.8 Å². The Balaban J connectivity index is 1.36. The second-order valence-corrected chi connectivity index (χ2v) is 7.62. The molecule has 0 atom stereocenters. The van der Waals surface area contributed by atoms with Gasteiger partial charge in [0.1, 0.15) is 10.8 Å². The number of hydrogen-bond donors (Lipinski definition) is 1. The fourth-order valence-electron chi connectivity index (χ4n) is 2.96. The van der Waals surface area contributed by atoms with Gasteiger partial charge in [-0.15, -0.1) is 11.3 Å². The molecule has 0 unspecified atom stereocenters. The van der Waals surface area contributed by atoms with Gasteiger partial charge in [-0.2, -0.15) is 0 Å². The Hall–Kier alpha value is -2.48. The van der Waals surface area contributed by atoms with Crippen molar-refractivity contribution in [1.82, 2.24) is 9.97 Å². The van der Waals surface area contributed by atoms with Crippen molar-refractivity contribution < 1.29 is 9.53 Å². The van der Waals surface area contributed by atoms with Crippen LogP contribution in [0.4, 0.5) is 11.5 Å². The Morgan fingerprint density at radius 2 is 2.04 bits per heavy atom. The van der Waals surface area contributed by atoms with Crippen molar-refractivity contribution in [1.29, 1.82) is 0 Å². The summed E-state index contributed by atoms with van der Waals surface area (Å²) in [6, 6.07) is 11.3. The highest BCUT2D eigenvalue weighted by molar-refractivity contribution is 7.13. The number of hydrogen-bond acceptors (Lipinski definition) is 6. The van der Waals surface area contributed by atoms with Crippen LogP contribution in [0.15, 0.2) is 48.0 Å². The predicted molar refractivity (Wildman–Crippen MR) is 112 cm³/mol. The van der Waals surface area contributed by atoms with Gasteiger partial charge in [0.05, 0.1) is 42.2 Å². The van der Waals surface area contributed by atoms with Gasteiger partial charge in [0.2, 0.25) is 5.91 Å². The first kappa shape index (κ1) is 18.9. The van der Waals surface area contributed by atoms with Gasteiger partial charge < -0.3 is 15.0 Å². The Morgan fingerprint density at radius 3 is 2.79 bits per heavy atom. The lowest BCUT2D eigenvalue weighted by Crippen LogP contribution is -2.36. The molecule has 1 aliphatic rings. The zero-order chi connectivity index (χ0) is 19.3. The first-order valence-electron chi connectivity index (χ1n) is 8.97. The number of aromatic nitrogens is 2. The molecule has 3 aromatic rings. The minimum Gasteiger partial charge on any atom is -0.378 e. The number of carbonyl (C=O) groups excluding carboxylic acids is 1. The monoisotopic (exact) mass is 414 g/mol. The van der Waals surface area contributed by atoms with E-state index in [1.165, 1.54) is 11.3 Å². The summed E-state index contributed by atoms with van der Waals surface area (Å²) >= 11 is 7.70. The number of nitrogens with one attached hydrogen (secondary N) is 1. The molecule has 1 aliphatic heterocycles. The van der Waals surface area contributed by atoms with E-state index in [1.54, 1.807) is 6.20 Å². The van der Waals surface area contributed by atoms with E-state index in [0.29, 0.717) is 23.9 Å². The average molecular weight is 415 g/mol. The van der Waals surface area contributed by atoms with E-state index in [0.717, 1.165) is 35.2 Å². The number of pyridine rings is 1. The maximum atomic E-state index is 12.4. The molecule has 0 bridgehead atoms. The Morgan fingerprint density at radius 1 is 1.21 bits per heavy atom. The number of nitrogens with zero attached hydrogens (tertiary/aromatic N) is 3.